The molecule has 0 radical (unpaired) electrons. The van der Waals surface area contributed by atoms with Crippen molar-refractivity contribution < 1.29 is 0 Å². The summed E-state index contributed by atoms with van der Waals surface area (Å²) in [6, 6.07) is 15.6. The molecule has 0 bridgehead atoms. The molecule has 0 saturated heterocycles. The van der Waals surface area contributed by atoms with Gasteiger partial charge in [0.1, 0.15) is 0 Å². The summed E-state index contributed by atoms with van der Waals surface area (Å²) in [6.45, 7) is 0. The van der Waals surface area contributed by atoms with Crippen LogP contribution < -0.4 is 5.56 Å². The molecule has 0 aliphatic heterocycles. The minimum absolute atomic E-state index is 0.235. The highest BCUT2D eigenvalue weighted by molar-refractivity contribution is 7.71. The fourth-order valence-electron chi connectivity index (χ4n) is 2.15. The van der Waals surface area contributed by atoms with Crippen molar-refractivity contribution in [2.45, 2.75) is 0 Å². The van der Waals surface area contributed by atoms with Crippen molar-refractivity contribution in [2.75, 3.05) is 0 Å². The molecule has 1 heterocycles. The number of aromatic amines is 1. The van der Waals surface area contributed by atoms with Gasteiger partial charge in [-0.1, -0.05) is 41.4 Å². The Kier molecular flexibility index (Phi) is 4.16. The van der Waals surface area contributed by atoms with Gasteiger partial charge in [0.05, 0.1) is 11.4 Å². The lowest BCUT2D eigenvalue weighted by Crippen LogP contribution is -2.19. The van der Waals surface area contributed by atoms with Crippen LogP contribution >= 0.6 is 35.4 Å². The summed E-state index contributed by atoms with van der Waals surface area (Å²) in [5.41, 5.74) is 1.74. The van der Waals surface area contributed by atoms with Gasteiger partial charge in [0.25, 0.3) is 5.56 Å². The van der Waals surface area contributed by atoms with Crippen molar-refractivity contribution in [3.63, 3.8) is 0 Å². The van der Waals surface area contributed by atoms with Gasteiger partial charge >= 0.3 is 0 Å². The maximum Gasteiger partial charge on any atom is 0.259 e. The van der Waals surface area contributed by atoms with Crippen LogP contribution in [0.15, 0.2) is 59.4 Å². The SMILES string of the molecule is O=c1cc(-c2ccccc2Cl)[nH]c(=S)n1-c1ccc(Cl)cc1. The van der Waals surface area contributed by atoms with E-state index in [1.807, 2.05) is 18.2 Å². The molecule has 6 heteroatoms. The fraction of sp³-hybridized carbons (Fsp3) is 0. The third kappa shape index (κ3) is 2.86. The van der Waals surface area contributed by atoms with Crippen LogP contribution in [0.4, 0.5) is 0 Å². The summed E-state index contributed by atoms with van der Waals surface area (Å²) in [5, 5.41) is 1.15. The van der Waals surface area contributed by atoms with Crippen molar-refractivity contribution in [3.8, 4) is 16.9 Å². The Labute approximate surface area is 141 Å². The second-order valence-corrected chi connectivity index (χ2v) is 5.85. The number of nitrogens with zero attached hydrogens (tertiary/aromatic N) is 1. The van der Waals surface area contributed by atoms with Crippen LogP contribution in [0.2, 0.25) is 10.0 Å². The van der Waals surface area contributed by atoms with Crippen LogP contribution in [0.3, 0.4) is 0 Å². The van der Waals surface area contributed by atoms with Gasteiger partial charge in [-0.3, -0.25) is 9.36 Å². The van der Waals surface area contributed by atoms with E-state index in [4.69, 9.17) is 35.4 Å². The topological polar surface area (TPSA) is 37.8 Å². The molecule has 0 aliphatic rings. The number of hydrogen-bond donors (Lipinski definition) is 1. The van der Waals surface area contributed by atoms with Gasteiger partial charge in [0.15, 0.2) is 4.77 Å². The molecule has 0 unspecified atom stereocenters. The van der Waals surface area contributed by atoms with E-state index < -0.39 is 0 Å². The number of hydrogen-bond acceptors (Lipinski definition) is 2. The summed E-state index contributed by atoms with van der Waals surface area (Å²) >= 11 is 17.3. The Morgan fingerprint density at radius 3 is 2.32 bits per heavy atom. The monoisotopic (exact) mass is 348 g/mol. The number of halogens is 2. The molecule has 0 atom stereocenters. The highest BCUT2D eigenvalue weighted by atomic mass is 35.5. The second kappa shape index (κ2) is 6.08. The third-order valence-electron chi connectivity index (χ3n) is 3.18. The first-order valence-electron chi connectivity index (χ1n) is 6.43. The Morgan fingerprint density at radius 1 is 1.00 bits per heavy atom. The van der Waals surface area contributed by atoms with E-state index in [0.29, 0.717) is 26.2 Å². The highest BCUT2D eigenvalue weighted by Crippen LogP contribution is 2.25. The van der Waals surface area contributed by atoms with Crippen molar-refractivity contribution in [3.05, 3.63) is 79.8 Å². The number of rotatable bonds is 2. The van der Waals surface area contributed by atoms with Gasteiger partial charge < -0.3 is 4.98 Å². The number of H-pyrrole nitrogens is 1. The Hall–Kier alpha value is -1.88. The van der Waals surface area contributed by atoms with Crippen LogP contribution in [0.1, 0.15) is 0 Å². The normalized spacial score (nSPS) is 10.6. The Balaban J connectivity index is 2.18. The first kappa shape index (κ1) is 15.0. The molecule has 3 rings (SSSR count). The molecule has 0 spiro atoms. The lowest BCUT2D eigenvalue weighted by molar-refractivity contribution is 0.917. The summed E-state index contributed by atoms with van der Waals surface area (Å²) in [5.74, 6) is 0. The van der Waals surface area contributed by atoms with Crippen LogP contribution in [-0.4, -0.2) is 9.55 Å². The minimum atomic E-state index is -0.235. The Bertz CT molecular complexity index is 914. The third-order valence-corrected chi connectivity index (χ3v) is 4.05. The predicted octanol–water partition coefficient (Wildman–Crippen LogP) is 4.87. The van der Waals surface area contributed by atoms with E-state index in [9.17, 15) is 4.79 Å². The zero-order valence-electron chi connectivity index (χ0n) is 11.2. The maximum absolute atomic E-state index is 12.4. The molecule has 1 N–H and O–H groups in total. The molecule has 22 heavy (non-hydrogen) atoms. The van der Waals surface area contributed by atoms with Crippen LogP contribution in [0, 0.1) is 4.77 Å². The largest absolute Gasteiger partial charge is 0.331 e. The van der Waals surface area contributed by atoms with Crippen LogP contribution in [0.25, 0.3) is 16.9 Å². The average molecular weight is 349 g/mol. The van der Waals surface area contributed by atoms with E-state index in [1.54, 1.807) is 30.3 Å². The number of aromatic nitrogens is 2. The molecule has 3 aromatic rings. The van der Waals surface area contributed by atoms with Crippen molar-refractivity contribution in [1.29, 1.82) is 0 Å². The first-order valence-corrected chi connectivity index (χ1v) is 7.60. The summed E-state index contributed by atoms with van der Waals surface area (Å²) in [4.78, 5) is 15.5. The molecule has 0 fully saturated rings. The second-order valence-electron chi connectivity index (χ2n) is 4.62. The van der Waals surface area contributed by atoms with E-state index in [2.05, 4.69) is 4.98 Å². The van der Waals surface area contributed by atoms with Gasteiger partial charge in [-0.15, -0.1) is 0 Å². The maximum atomic E-state index is 12.4. The van der Waals surface area contributed by atoms with Crippen LogP contribution in [0.5, 0.6) is 0 Å². The molecule has 2 aromatic carbocycles. The summed E-state index contributed by atoms with van der Waals surface area (Å²) in [6.07, 6.45) is 0. The van der Waals surface area contributed by atoms with Crippen LogP contribution in [-0.2, 0) is 0 Å². The lowest BCUT2D eigenvalue weighted by atomic mass is 10.1. The van der Waals surface area contributed by atoms with E-state index in [-0.39, 0.29) is 5.56 Å². The van der Waals surface area contributed by atoms with Gasteiger partial charge in [0, 0.05) is 21.7 Å². The van der Waals surface area contributed by atoms with E-state index >= 15 is 0 Å². The summed E-state index contributed by atoms with van der Waals surface area (Å²) in [7, 11) is 0. The highest BCUT2D eigenvalue weighted by Gasteiger charge is 2.08. The first-order chi connectivity index (χ1) is 10.6. The minimum Gasteiger partial charge on any atom is -0.331 e. The van der Waals surface area contributed by atoms with Gasteiger partial charge in [-0.05, 0) is 42.5 Å². The molecular weight excluding hydrogens is 339 g/mol. The molecular formula is C16H10Cl2N2OS. The van der Waals surface area contributed by atoms with Gasteiger partial charge in [0.2, 0.25) is 0 Å². The number of benzene rings is 2. The molecule has 0 aliphatic carbocycles. The van der Waals surface area contributed by atoms with Crippen molar-refractivity contribution in [1.82, 2.24) is 9.55 Å². The predicted molar refractivity (Wildman–Crippen MR) is 92.7 cm³/mol. The zero-order valence-corrected chi connectivity index (χ0v) is 13.5. The lowest BCUT2D eigenvalue weighted by Gasteiger charge is -2.09. The quantitative estimate of drug-likeness (QED) is 0.671. The Morgan fingerprint density at radius 2 is 1.68 bits per heavy atom. The standard InChI is InChI=1S/C16H10Cl2N2OS/c17-10-5-7-11(8-6-10)20-15(21)9-14(19-16(20)22)12-3-1-2-4-13(12)18/h1-9H,(H,19,22). The van der Waals surface area contributed by atoms with Gasteiger partial charge in [-0.2, -0.15) is 0 Å². The van der Waals surface area contributed by atoms with Crippen molar-refractivity contribution >= 4 is 35.4 Å². The molecule has 3 nitrogen and oxygen atoms in total. The average Bonchev–Trinajstić information content (AvgIpc) is 2.49. The molecule has 0 saturated carbocycles. The van der Waals surface area contributed by atoms with E-state index in [1.165, 1.54) is 10.6 Å². The smallest absolute Gasteiger partial charge is 0.259 e. The molecule has 1 aromatic heterocycles. The molecule has 110 valence electrons. The zero-order chi connectivity index (χ0) is 15.7. The van der Waals surface area contributed by atoms with Crippen molar-refractivity contribution in [2.24, 2.45) is 0 Å². The fourth-order valence-corrected chi connectivity index (χ4v) is 2.82. The molecule has 0 amide bonds. The number of nitrogens with one attached hydrogen (secondary N) is 1. The van der Waals surface area contributed by atoms with E-state index in [0.717, 1.165) is 5.56 Å². The summed E-state index contributed by atoms with van der Waals surface area (Å²) < 4.78 is 1.70. The van der Waals surface area contributed by atoms with Gasteiger partial charge in [-0.25, -0.2) is 0 Å².